The van der Waals surface area contributed by atoms with E-state index in [1.165, 1.54) is 29.2 Å². The quantitative estimate of drug-likeness (QED) is 0.338. The molecule has 0 radical (unpaired) electrons. The van der Waals surface area contributed by atoms with Crippen LogP contribution >= 0.6 is 11.6 Å². The minimum atomic E-state index is -3.96. The van der Waals surface area contributed by atoms with Gasteiger partial charge in [-0.15, -0.1) is 18.2 Å². The summed E-state index contributed by atoms with van der Waals surface area (Å²) in [5, 5.41) is 10.8. The Morgan fingerprint density at radius 2 is 1.88 bits per heavy atom. The molecule has 0 saturated carbocycles. The van der Waals surface area contributed by atoms with Gasteiger partial charge < -0.3 is 14.2 Å². The molecule has 0 spiro atoms. The van der Waals surface area contributed by atoms with Gasteiger partial charge in [-0.3, -0.25) is 4.79 Å². The third kappa shape index (κ3) is 5.30. The third-order valence-corrected chi connectivity index (χ3v) is 6.70. The second-order valence-electron chi connectivity index (χ2n) is 7.26. The molecule has 32 heavy (non-hydrogen) atoms. The molecule has 3 rings (SSSR count). The van der Waals surface area contributed by atoms with Crippen LogP contribution in [0.1, 0.15) is 18.1 Å². The van der Waals surface area contributed by atoms with Gasteiger partial charge in [0.2, 0.25) is 5.91 Å². The smallest absolute Gasteiger partial charge is 0.339 e. The highest BCUT2D eigenvalue weighted by Gasteiger charge is 2.35. The Labute approximate surface area is 193 Å². The zero-order chi connectivity index (χ0) is 23.2. The number of β-amino-alcohol motifs (C(OH)–C–C–N with tert-alkyl or cyclic N) is 1. The number of carbonyl (C=O) groups is 1. The Morgan fingerprint density at radius 1 is 1.19 bits per heavy atom. The molecule has 0 fully saturated rings. The molecule has 0 saturated heterocycles. The van der Waals surface area contributed by atoms with Gasteiger partial charge in [-0.2, -0.15) is 8.42 Å². The molecule has 2 atom stereocenters. The fourth-order valence-corrected chi connectivity index (χ4v) is 4.54. The first-order valence-corrected chi connectivity index (χ1v) is 11.9. The first-order chi connectivity index (χ1) is 15.3. The van der Waals surface area contributed by atoms with Crippen molar-refractivity contribution >= 4 is 27.6 Å². The number of aliphatic hydroxyl groups excluding tert-OH is 1. The number of allylic oxidation sites excluding steroid dienone is 2. The van der Waals surface area contributed by atoms with Crippen LogP contribution in [0, 0.1) is 0 Å². The lowest BCUT2D eigenvalue weighted by molar-refractivity contribution is -0.133. The van der Waals surface area contributed by atoms with E-state index >= 15 is 0 Å². The second kappa shape index (κ2) is 10.2. The van der Waals surface area contributed by atoms with Gasteiger partial charge in [0.15, 0.2) is 0 Å². The third-order valence-electron chi connectivity index (χ3n) is 5.21. The number of benzene rings is 2. The second-order valence-corrected chi connectivity index (χ2v) is 9.07. The number of amides is 1. The lowest BCUT2D eigenvalue weighted by Crippen LogP contribution is -2.51. The highest BCUT2D eigenvalue weighted by Crippen LogP contribution is 2.30. The van der Waals surface area contributed by atoms with Crippen LogP contribution < -0.4 is 4.18 Å². The van der Waals surface area contributed by atoms with Crippen LogP contribution in [0.25, 0.3) is 0 Å². The van der Waals surface area contributed by atoms with Crippen LogP contribution in [-0.4, -0.2) is 42.3 Å². The monoisotopic (exact) mass is 473 g/mol. The Morgan fingerprint density at radius 3 is 2.44 bits per heavy atom. The molecule has 0 aliphatic heterocycles. The highest BCUT2D eigenvalue weighted by molar-refractivity contribution is 7.87. The average molecular weight is 474 g/mol. The Hall–Kier alpha value is -2.87. The lowest BCUT2D eigenvalue weighted by Gasteiger charge is -2.41. The molecular weight excluding hydrogens is 450 g/mol. The highest BCUT2D eigenvalue weighted by atomic mass is 35.5. The van der Waals surface area contributed by atoms with E-state index < -0.39 is 21.8 Å². The van der Waals surface area contributed by atoms with E-state index in [0.717, 1.165) is 0 Å². The van der Waals surface area contributed by atoms with Gasteiger partial charge in [0.1, 0.15) is 16.5 Å². The minimum absolute atomic E-state index is 0.0156. The van der Waals surface area contributed by atoms with Crippen molar-refractivity contribution in [3.63, 3.8) is 0 Å². The number of carbonyl (C=O) groups excluding carboxylic acids is 1. The molecular formula is C24H24ClNO5S. The van der Waals surface area contributed by atoms with Crippen LogP contribution in [0.5, 0.6) is 5.75 Å². The first kappa shape index (κ1) is 23.8. The van der Waals surface area contributed by atoms with Gasteiger partial charge in [0, 0.05) is 0 Å². The van der Waals surface area contributed by atoms with Crippen LogP contribution in [0.2, 0.25) is 0 Å². The lowest BCUT2D eigenvalue weighted by atomic mass is 9.88. The fraction of sp³-hybridized carbons (Fsp3) is 0.208. The van der Waals surface area contributed by atoms with E-state index in [9.17, 15) is 18.3 Å². The summed E-state index contributed by atoms with van der Waals surface area (Å²) in [6.07, 6.45) is 8.62. The van der Waals surface area contributed by atoms with Crippen LogP contribution in [0.3, 0.4) is 0 Å². The Balaban J connectivity index is 1.76. The molecule has 0 heterocycles. The maximum absolute atomic E-state index is 12.6. The predicted octanol–water partition coefficient (Wildman–Crippen LogP) is 4.00. The SMILES string of the molecule is C=C[C@@]1(N(CC(O)c2ccc(OS(=O)(=O)c3ccccc3)cc2)C(=O)CCl)C=CC=CC1. The predicted molar refractivity (Wildman–Crippen MR) is 124 cm³/mol. The zero-order valence-electron chi connectivity index (χ0n) is 17.3. The number of rotatable bonds is 9. The molecule has 2 aromatic rings. The molecule has 0 aromatic heterocycles. The van der Waals surface area contributed by atoms with Gasteiger partial charge in [-0.05, 0) is 36.2 Å². The van der Waals surface area contributed by atoms with Gasteiger partial charge in [-0.1, -0.05) is 60.7 Å². The van der Waals surface area contributed by atoms with Gasteiger partial charge in [0.25, 0.3) is 0 Å². The maximum Gasteiger partial charge on any atom is 0.339 e. The molecule has 168 valence electrons. The van der Waals surface area contributed by atoms with Crippen LogP contribution in [-0.2, 0) is 14.9 Å². The number of alkyl halides is 1. The topological polar surface area (TPSA) is 83.9 Å². The number of halogens is 1. The number of nitrogens with zero attached hydrogens (tertiary/aromatic N) is 1. The van der Waals surface area contributed by atoms with E-state index in [1.807, 2.05) is 24.3 Å². The Kier molecular flexibility index (Phi) is 7.56. The molecule has 1 aliphatic carbocycles. The normalized spacial score (nSPS) is 18.7. The van der Waals surface area contributed by atoms with Crippen molar-refractivity contribution in [1.82, 2.24) is 4.90 Å². The molecule has 8 heteroatoms. The number of hydrogen-bond acceptors (Lipinski definition) is 5. The summed E-state index contributed by atoms with van der Waals surface area (Å²) < 4.78 is 29.9. The van der Waals surface area contributed by atoms with Gasteiger partial charge in [0.05, 0.1) is 18.2 Å². The average Bonchev–Trinajstić information content (AvgIpc) is 2.83. The standard InChI is InChI=1S/C24H24ClNO5S/c1-2-24(15-7-4-8-16-24)26(23(28)17-25)18-22(27)19-11-13-20(14-12-19)31-32(29,30)21-9-5-3-6-10-21/h2-15,22,27H,1,16-18H2/t22?,24-/m1/s1. The summed E-state index contributed by atoms with van der Waals surface area (Å²) in [6, 6.07) is 13.8. The van der Waals surface area contributed by atoms with E-state index in [0.29, 0.717) is 12.0 Å². The summed E-state index contributed by atoms with van der Waals surface area (Å²) in [6.45, 7) is 3.85. The number of aliphatic hydroxyl groups is 1. The van der Waals surface area contributed by atoms with Crippen molar-refractivity contribution in [2.45, 2.75) is 23.0 Å². The van der Waals surface area contributed by atoms with Crippen molar-refractivity contribution in [2.24, 2.45) is 0 Å². The molecule has 1 N–H and O–H groups in total. The molecule has 2 aromatic carbocycles. The van der Waals surface area contributed by atoms with E-state index in [-0.39, 0.29) is 29.0 Å². The van der Waals surface area contributed by atoms with Crippen molar-refractivity contribution in [3.05, 3.63) is 97.1 Å². The van der Waals surface area contributed by atoms with Gasteiger partial charge >= 0.3 is 10.1 Å². The zero-order valence-corrected chi connectivity index (χ0v) is 18.9. The van der Waals surface area contributed by atoms with Crippen molar-refractivity contribution in [2.75, 3.05) is 12.4 Å². The van der Waals surface area contributed by atoms with Crippen LogP contribution in [0.4, 0.5) is 0 Å². The maximum atomic E-state index is 12.6. The van der Waals surface area contributed by atoms with Crippen molar-refractivity contribution in [1.29, 1.82) is 0 Å². The molecule has 0 bridgehead atoms. The number of hydrogen-bond donors (Lipinski definition) is 1. The van der Waals surface area contributed by atoms with Crippen molar-refractivity contribution in [3.8, 4) is 5.75 Å². The summed E-state index contributed by atoms with van der Waals surface area (Å²) >= 11 is 5.82. The van der Waals surface area contributed by atoms with E-state index in [2.05, 4.69) is 6.58 Å². The summed E-state index contributed by atoms with van der Waals surface area (Å²) in [7, 11) is -3.96. The molecule has 1 aliphatic rings. The first-order valence-electron chi connectivity index (χ1n) is 9.93. The Bertz CT molecular complexity index is 1110. The minimum Gasteiger partial charge on any atom is -0.387 e. The molecule has 6 nitrogen and oxygen atoms in total. The summed E-state index contributed by atoms with van der Waals surface area (Å²) in [5.41, 5.74) is -0.287. The van der Waals surface area contributed by atoms with Crippen LogP contribution in [0.15, 0.2) is 96.5 Å². The van der Waals surface area contributed by atoms with Gasteiger partial charge in [-0.25, -0.2) is 0 Å². The summed E-state index contributed by atoms with van der Waals surface area (Å²) in [5.74, 6) is -0.454. The molecule has 1 amide bonds. The van der Waals surface area contributed by atoms with E-state index in [1.54, 1.807) is 36.4 Å². The largest absolute Gasteiger partial charge is 0.387 e. The van der Waals surface area contributed by atoms with Crippen molar-refractivity contribution < 1.29 is 22.5 Å². The van der Waals surface area contributed by atoms with E-state index in [4.69, 9.17) is 15.8 Å². The fourth-order valence-electron chi connectivity index (χ4n) is 3.45. The summed E-state index contributed by atoms with van der Waals surface area (Å²) in [4.78, 5) is 14.1. The molecule has 1 unspecified atom stereocenters.